The van der Waals surface area contributed by atoms with Crippen LogP contribution < -0.4 is 0 Å². The van der Waals surface area contributed by atoms with Crippen molar-refractivity contribution >= 4 is 0 Å². The first kappa shape index (κ1) is 9.84. The molecule has 0 saturated heterocycles. The van der Waals surface area contributed by atoms with Crippen LogP contribution in [0, 0.1) is 24.6 Å². The lowest BCUT2D eigenvalue weighted by molar-refractivity contribution is 0.589. The van der Waals surface area contributed by atoms with Gasteiger partial charge in [0.2, 0.25) is 0 Å². The van der Waals surface area contributed by atoms with Gasteiger partial charge in [0.25, 0.3) is 0 Å². The normalized spacial score (nSPS) is 10.3. The van der Waals surface area contributed by atoms with E-state index in [1.54, 1.807) is 25.1 Å². The van der Waals surface area contributed by atoms with Crippen molar-refractivity contribution in [3.8, 4) is 11.1 Å². The topological polar surface area (TPSA) is 0 Å². The minimum atomic E-state index is -0.538. The van der Waals surface area contributed by atoms with Crippen molar-refractivity contribution in [3.63, 3.8) is 0 Å². The molecule has 1 radical (unpaired) electrons. The maximum Gasteiger partial charge on any atom is 0.133 e. The molecule has 0 N–H and O–H groups in total. The average Bonchev–Trinajstić information content (AvgIpc) is 2.20. The first-order chi connectivity index (χ1) is 7.20. The van der Waals surface area contributed by atoms with Gasteiger partial charge in [0, 0.05) is 0 Å². The SMILES string of the molecule is Cc1c[c]ccc1-c1c(F)cccc1F. The predicted octanol–water partition coefficient (Wildman–Crippen LogP) is 3.74. The highest BCUT2D eigenvalue weighted by Crippen LogP contribution is 2.28. The Bertz CT molecular complexity index is 469. The van der Waals surface area contributed by atoms with Gasteiger partial charge in [-0.2, -0.15) is 0 Å². The fraction of sp³-hybridized carbons (Fsp3) is 0.0769. The second kappa shape index (κ2) is 3.81. The molecular formula is C13H9F2. The Kier molecular flexibility index (Phi) is 2.50. The molecule has 0 unspecified atom stereocenters. The lowest BCUT2D eigenvalue weighted by Gasteiger charge is -2.07. The Balaban J connectivity index is 2.69. The van der Waals surface area contributed by atoms with E-state index < -0.39 is 11.6 Å². The summed E-state index contributed by atoms with van der Waals surface area (Å²) in [5, 5.41) is 0. The van der Waals surface area contributed by atoms with Crippen LogP contribution in [0.15, 0.2) is 36.4 Å². The molecule has 2 heteroatoms. The molecule has 0 aliphatic heterocycles. The van der Waals surface area contributed by atoms with Crippen LogP contribution in [-0.4, -0.2) is 0 Å². The molecular weight excluding hydrogens is 194 g/mol. The number of hydrogen-bond acceptors (Lipinski definition) is 0. The number of rotatable bonds is 1. The molecule has 0 amide bonds. The molecule has 75 valence electrons. The van der Waals surface area contributed by atoms with Crippen molar-refractivity contribution in [1.29, 1.82) is 0 Å². The van der Waals surface area contributed by atoms with E-state index in [-0.39, 0.29) is 5.56 Å². The van der Waals surface area contributed by atoms with Crippen LogP contribution in [0.25, 0.3) is 11.1 Å². The lowest BCUT2D eigenvalue weighted by Crippen LogP contribution is -1.91. The number of aryl methyl sites for hydroxylation is 1. The summed E-state index contributed by atoms with van der Waals surface area (Å²) in [6, 6.07) is 11.8. The van der Waals surface area contributed by atoms with E-state index in [4.69, 9.17) is 0 Å². The van der Waals surface area contributed by atoms with Gasteiger partial charge in [0.1, 0.15) is 11.6 Å². The summed E-state index contributed by atoms with van der Waals surface area (Å²) in [5.41, 5.74) is 1.41. The third-order valence-corrected chi connectivity index (χ3v) is 2.30. The van der Waals surface area contributed by atoms with E-state index in [0.29, 0.717) is 5.56 Å². The van der Waals surface area contributed by atoms with Crippen LogP contribution >= 0.6 is 0 Å². The second-order valence-electron chi connectivity index (χ2n) is 3.34. The van der Waals surface area contributed by atoms with Crippen molar-refractivity contribution in [2.24, 2.45) is 0 Å². The quantitative estimate of drug-likeness (QED) is 0.662. The molecule has 0 aliphatic rings. The summed E-state index contributed by atoms with van der Waals surface area (Å²) >= 11 is 0. The lowest BCUT2D eigenvalue weighted by atomic mass is 10.00. The molecule has 0 aromatic heterocycles. The largest absolute Gasteiger partial charge is 0.206 e. The molecule has 2 aromatic carbocycles. The third kappa shape index (κ3) is 1.75. The summed E-state index contributed by atoms with van der Waals surface area (Å²) in [6.07, 6.45) is 0. The van der Waals surface area contributed by atoms with Gasteiger partial charge in [0.05, 0.1) is 5.56 Å². The highest BCUT2D eigenvalue weighted by atomic mass is 19.1. The Labute approximate surface area is 87.2 Å². The van der Waals surface area contributed by atoms with Crippen LogP contribution in [0.2, 0.25) is 0 Å². The monoisotopic (exact) mass is 203 g/mol. The summed E-state index contributed by atoms with van der Waals surface area (Å²) in [5.74, 6) is -1.08. The zero-order valence-corrected chi connectivity index (χ0v) is 8.22. The number of halogens is 2. The Morgan fingerprint density at radius 3 is 2.33 bits per heavy atom. The molecule has 0 aliphatic carbocycles. The summed E-state index contributed by atoms with van der Waals surface area (Å²) < 4.78 is 26.9. The summed E-state index contributed by atoms with van der Waals surface area (Å²) in [7, 11) is 0. The van der Waals surface area contributed by atoms with E-state index in [0.717, 1.165) is 5.56 Å². The van der Waals surface area contributed by atoms with Crippen LogP contribution in [0.1, 0.15) is 5.56 Å². The van der Waals surface area contributed by atoms with Gasteiger partial charge in [-0.1, -0.05) is 24.3 Å². The maximum absolute atomic E-state index is 13.5. The van der Waals surface area contributed by atoms with Crippen molar-refractivity contribution in [3.05, 3.63) is 59.7 Å². The molecule has 0 saturated carbocycles. The van der Waals surface area contributed by atoms with Gasteiger partial charge >= 0.3 is 0 Å². The Morgan fingerprint density at radius 2 is 1.73 bits per heavy atom. The molecule has 0 atom stereocenters. The van der Waals surface area contributed by atoms with Crippen LogP contribution in [0.3, 0.4) is 0 Å². The zero-order chi connectivity index (χ0) is 10.8. The molecule has 0 fully saturated rings. The van der Waals surface area contributed by atoms with Gasteiger partial charge in [-0.25, -0.2) is 8.78 Å². The first-order valence-electron chi connectivity index (χ1n) is 4.61. The van der Waals surface area contributed by atoms with E-state index >= 15 is 0 Å². The minimum absolute atomic E-state index is 0.0315. The average molecular weight is 203 g/mol. The number of hydrogen-bond donors (Lipinski definition) is 0. The van der Waals surface area contributed by atoms with E-state index in [1.807, 2.05) is 0 Å². The molecule has 0 spiro atoms. The Hall–Kier alpha value is -1.70. The van der Waals surface area contributed by atoms with E-state index in [1.165, 1.54) is 18.2 Å². The molecule has 0 nitrogen and oxygen atoms in total. The zero-order valence-electron chi connectivity index (χ0n) is 8.22. The highest BCUT2D eigenvalue weighted by molar-refractivity contribution is 5.68. The Morgan fingerprint density at radius 1 is 1.07 bits per heavy atom. The molecule has 15 heavy (non-hydrogen) atoms. The van der Waals surface area contributed by atoms with Gasteiger partial charge < -0.3 is 0 Å². The summed E-state index contributed by atoms with van der Waals surface area (Å²) in [4.78, 5) is 0. The smallest absolute Gasteiger partial charge is 0.133 e. The molecule has 2 rings (SSSR count). The second-order valence-corrected chi connectivity index (χ2v) is 3.34. The number of benzene rings is 2. The van der Waals surface area contributed by atoms with Gasteiger partial charge in [-0.3, -0.25) is 0 Å². The van der Waals surface area contributed by atoms with Gasteiger partial charge in [-0.05, 0) is 36.2 Å². The predicted molar refractivity (Wildman–Crippen MR) is 55.4 cm³/mol. The fourth-order valence-electron chi connectivity index (χ4n) is 1.55. The molecule has 0 bridgehead atoms. The summed E-state index contributed by atoms with van der Waals surface area (Å²) in [6.45, 7) is 1.80. The standard InChI is InChI=1S/C13H9F2/c1-9-5-2-3-6-10(9)13-11(14)7-4-8-12(13)15/h3-8H,1H3. The van der Waals surface area contributed by atoms with Crippen molar-refractivity contribution in [2.45, 2.75) is 6.92 Å². The van der Waals surface area contributed by atoms with Crippen LogP contribution in [-0.2, 0) is 0 Å². The van der Waals surface area contributed by atoms with Gasteiger partial charge in [-0.15, -0.1) is 0 Å². The van der Waals surface area contributed by atoms with E-state index in [9.17, 15) is 8.78 Å². The molecule has 2 aromatic rings. The highest BCUT2D eigenvalue weighted by Gasteiger charge is 2.11. The van der Waals surface area contributed by atoms with Crippen molar-refractivity contribution < 1.29 is 8.78 Å². The maximum atomic E-state index is 13.5. The van der Waals surface area contributed by atoms with E-state index in [2.05, 4.69) is 6.07 Å². The van der Waals surface area contributed by atoms with Gasteiger partial charge in [0.15, 0.2) is 0 Å². The first-order valence-corrected chi connectivity index (χ1v) is 4.61. The van der Waals surface area contributed by atoms with Crippen molar-refractivity contribution in [1.82, 2.24) is 0 Å². The molecule has 0 heterocycles. The van der Waals surface area contributed by atoms with Crippen LogP contribution in [0.4, 0.5) is 8.78 Å². The fourth-order valence-corrected chi connectivity index (χ4v) is 1.55. The van der Waals surface area contributed by atoms with Crippen LogP contribution in [0.5, 0.6) is 0 Å². The van der Waals surface area contributed by atoms with Crippen molar-refractivity contribution in [2.75, 3.05) is 0 Å². The minimum Gasteiger partial charge on any atom is -0.206 e. The third-order valence-electron chi connectivity index (χ3n) is 2.30.